The Morgan fingerprint density at radius 1 is 1.34 bits per heavy atom. The minimum atomic E-state index is -0.206. The van der Waals surface area contributed by atoms with E-state index in [-0.39, 0.29) is 23.7 Å². The van der Waals surface area contributed by atoms with Crippen LogP contribution in [0.15, 0.2) is 30.6 Å². The number of carbonyl (C=O) groups excluding carboxylic acids is 2. The largest absolute Gasteiger partial charge is 0.437 e. The number of aryl methyl sites for hydroxylation is 1. The van der Waals surface area contributed by atoms with Crippen LogP contribution in [0.5, 0.6) is 11.6 Å². The third-order valence-corrected chi connectivity index (χ3v) is 5.10. The second-order valence-corrected chi connectivity index (χ2v) is 7.84. The molecule has 0 saturated heterocycles. The van der Waals surface area contributed by atoms with Gasteiger partial charge in [0, 0.05) is 18.7 Å². The second kappa shape index (κ2) is 7.66. The molecule has 29 heavy (non-hydrogen) atoms. The fourth-order valence-electron chi connectivity index (χ4n) is 3.85. The predicted molar refractivity (Wildman–Crippen MR) is 109 cm³/mol. The number of aromatic amines is 1. The number of nitrogens with one attached hydrogen (secondary N) is 2. The van der Waals surface area contributed by atoms with E-state index in [9.17, 15) is 9.59 Å². The summed E-state index contributed by atoms with van der Waals surface area (Å²) in [6, 6.07) is 5.97. The van der Waals surface area contributed by atoms with Gasteiger partial charge in [-0.3, -0.25) is 4.79 Å². The molecule has 0 unspecified atom stereocenters. The lowest BCUT2D eigenvalue weighted by Crippen LogP contribution is -2.29. The molecular weight excluding hydrogens is 368 g/mol. The molecule has 150 valence electrons. The van der Waals surface area contributed by atoms with Crippen LogP contribution in [0.1, 0.15) is 61.0 Å². The van der Waals surface area contributed by atoms with Crippen LogP contribution in [0.2, 0.25) is 0 Å². The summed E-state index contributed by atoms with van der Waals surface area (Å²) in [7, 11) is 0. The van der Waals surface area contributed by atoms with Gasteiger partial charge >= 0.3 is 0 Å². The molecule has 0 fully saturated rings. The summed E-state index contributed by atoms with van der Waals surface area (Å²) in [6.45, 7) is 5.44. The van der Waals surface area contributed by atoms with Crippen LogP contribution >= 0.6 is 0 Å². The van der Waals surface area contributed by atoms with Crippen molar-refractivity contribution in [1.82, 2.24) is 20.3 Å². The van der Waals surface area contributed by atoms with Crippen LogP contribution in [0, 0.1) is 0 Å². The van der Waals surface area contributed by atoms with Crippen LogP contribution in [-0.2, 0) is 11.2 Å². The minimum absolute atomic E-state index is 0.0224. The van der Waals surface area contributed by atoms with E-state index in [2.05, 4.69) is 26.3 Å². The lowest BCUT2D eigenvalue weighted by atomic mass is 9.96. The Kier molecular flexibility index (Phi) is 5.05. The molecule has 1 aliphatic carbocycles. The number of carbonyl (C=O) groups is 2. The molecule has 1 aliphatic rings. The summed E-state index contributed by atoms with van der Waals surface area (Å²) in [5.74, 6) is 1.21. The zero-order valence-electron chi connectivity index (χ0n) is 16.8. The molecule has 7 heteroatoms. The summed E-state index contributed by atoms with van der Waals surface area (Å²) in [5.41, 5.74) is 3.87. The first kappa shape index (κ1) is 19.1. The Labute approximate surface area is 168 Å². The van der Waals surface area contributed by atoms with Crippen molar-refractivity contribution >= 4 is 22.9 Å². The van der Waals surface area contributed by atoms with E-state index < -0.39 is 0 Å². The maximum Gasteiger partial charge on any atom is 0.255 e. The number of benzene rings is 1. The lowest BCUT2D eigenvalue weighted by Gasteiger charge is -2.11. The molecule has 1 atom stereocenters. The number of amides is 1. The van der Waals surface area contributed by atoms with Crippen molar-refractivity contribution in [2.24, 2.45) is 0 Å². The van der Waals surface area contributed by atoms with E-state index in [0.29, 0.717) is 34.8 Å². The highest BCUT2D eigenvalue weighted by atomic mass is 16.5. The van der Waals surface area contributed by atoms with Gasteiger partial charge in [-0.15, -0.1) is 0 Å². The van der Waals surface area contributed by atoms with E-state index in [1.54, 1.807) is 13.1 Å². The van der Waals surface area contributed by atoms with Gasteiger partial charge in [-0.05, 0) is 62.8 Å². The van der Waals surface area contributed by atoms with Gasteiger partial charge < -0.3 is 19.8 Å². The molecule has 0 aliphatic heterocycles. The maximum absolute atomic E-state index is 12.4. The van der Waals surface area contributed by atoms with E-state index in [1.807, 2.05) is 26.0 Å². The third-order valence-electron chi connectivity index (χ3n) is 5.10. The Morgan fingerprint density at radius 3 is 2.93 bits per heavy atom. The summed E-state index contributed by atoms with van der Waals surface area (Å²) in [6.07, 6.45) is 5.66. The molecule has 1 aromatic carbocycles. The fourth-order valence-corrected chi connectivity index (χ4v) is 3.85. The molecule has 7 nitrogen and oxygen atoms in total. The normalized spacial score (nSPS) is 15.5. The van der Waals surface area contributed by atoms with E-state index in [4.69, 9.17) is 4.74 Å². The summed E-state index contributed by atoms with van der Waals surface area (Å²) >= 11 is 0. The van der Waals surface area contributed by atoms with Gasteiger partial charge in [0.1, 0.15) is 17.0 Å². The molecule has 3 aromatic rings. The number of hydrogen-bond acceptors (Lipinski definition) is 5. The number of H-pyrrole nitrogens is 1. The molecule has 0 radical (unpaired) electrons. The van der Waals surface area contributed by atoms with Crippen LogP contribution in [0.4, 0.5) is 0 Å². The minimum Gasteiger partial charge on any atom is -0.437 e. The maximum atomic E-state index is 12.4. The highest BCUT2D eigenvalue weighted by Gasteiger charge is 2.24. The molecule has 0 saturated carbocycles. The monoisotopic (exact) mass is 392 g/mol. The van der Waals surface area contributed by atoms with Crippen LogP contribution in [0.25, 0.3) is 11.2 Å². The quantitative estimate of drug-likeness (QED) is 0.663. The highest BCUT2D eigenvalue weighted by Crippen LogP contribution is 2.38. The molecule has 0 spiro atoms. The average molecular weight is 392 g/mol. The number of hydrogen-bond donors (Lipinski definition) is 2. The lowest BCUT2D eigenvalue weighted by molar-refractivity contribution is -0.117. The van der Waals surface area contributed by atoms with Crippen molar-refractivity contribution in [3.63, 3.8) is 0 Å². The van der Waals surface area contributed by atoms with Gasteiger partial charge in [0.25, 0.3) is 5.91 Å². The van der Waals surface area contributed by atoms with Crippen molar-refractivity contribution in [1.29, 1.82) is 0 Å². The van der Waals surface area contributed by atoms with Crippen molar-refractivity contribution < 1.29 is 14.3 Å². The summed E-state index contributed by atoms with van der Waals surface area (Å²) in [5, 5.41) is 2.86. The molecule has 2 N–H and O–H groups in total. The van der Waals surface area contributed by atoms with Gasteiger partial charge in [-0.2, -0.15) is 0 Å². The first-order chi connectivity index (χ1) is 13.9. The van der Waals surface area contributed by atoms with Crippen molar-refractivity contribution in [3.8, 4) is 11.6 Å². The van der Waals surface area contributed by atoms with Gasteiger partial charge in [0.15, 0.2) is 5.65 Å². The predicted octanol–water partition coefficient (Wildman–Crippen LogP) is 3.90. The van der Waals surface area contributed by atoms with E-state index >= 15 is 0 Å². The molecular formula is C22H24N4O3. The Hall–Kier alpha value is -3.22. The van der Waals surface area contributed by atoms with Gasteiger partial charge in [0.05, 0.1) is 11.8 Å². The van der Waals surface area contributed by atoms with Gasteiger partial charge in [0.2, 0.25) is 5.88 Å². The number of nitrogens with zero attached hydrogens (tertiary/aromatic N) is 2. The van der Waals surface area contributed by atoms with Gasteiger partial charge in [-0.1, -0.05) is 6.07 Å². The van der Waals surface area contributed by atoms with Crippen molar-refractivity contribution in [2.45, 2.75) is 52.0 Å². The first-order valence-corrected chi connectivity index (χ1v) is 9.86. The number of Topliss-reactive ketones (excluding diaryl/α,β-unsaturated/α-hetero) is 1. The highest BCUT2D eigenvalue weighted by molar-refractivity contribution is 6.04. The standard InChI is InChI=1S/C22H24N4O3/c1-12(2)25-22(28)18-10-23-21-20(18)26-19(11-24-21)29-16-7-6-14-4-5-15(8-13(3)27)17(14)9-16/h6-7,9-12,15H,4-5,8H2,1-3H3,(H,23,24)(H,25,28)/t15-/m0/s1. The number of ether oxygens (including phenoxy) is 1. The Bertz CT molecular complexity index is 1090. The number of fused-ring (bicyclic) bond motifs is 2. The summed E-state index contributed by atoms with van der Waals surface area (Å²) < 4.78 is 5.95. The van der Waals surface area contributed by atoms with Crippen LogP contribution in [-0.4, -0.2) is 32.7 Å². The Morgan fingerprint density at radius 2 is 2.17 bits per heavy atom. The smallest absolute Gasteiger partial charge is 0.255 e. The molecule has 4 rings (SSSR count). The zero-order chi connectivity index (χ0) is 20.5. The average Bonchev–Trinajstić information content (AvgIpc) is 3.25. The van der Waals surface area contributed by atoms with Crippen LogP contribution < -0.4 is 10.1 Å². The second-order valence-electron chi connectivity index (χ2n) is 7.84. The van der Waals surface area contributed by atoms with E-state index in [0.717, 1.165) is 12.8 Å². The van der Waals surface area contributed by atoms with E-state index in [1.165, 1.54) is 17.3 Å². The van der Waals surface area contributed by atoms with Crippen molar-refractivity contribution in [2.75, 3.05) is 0 Å². The van der Waals surface area contributed by atoms with Crippen molar-refractivity contribution in [3.05, 3.63) is 47.3 Å². The molecule has 0 bridgehead atoms. The molecule has 2 aromatic heterocycles. The van der Waals surface area contributed by atoms with Gasteiger partial charge in [-0.25, -0.2) is 9.97 Å². The first-order valence-electron chi connectivity index (χ1n) is 9.86. The third kappa shape index (κ3) is 3.99. The fraction of sp³-hybridized carbons (Fsp3) is 0.364. The number of ketones is 1. The SMILES string of the molecule is CC(=O)C[C@@H]1CCc2ccc(Oc3cnc4[nH]cc(C(=O)NC(C)C)c4n3)cc21. The topological polar surface area (TPSA) is 97.0 Å². The zero-order valence-corrected chi connectivity index (χ0v) is 16.8. The molecule has 2 heterocycles. The number of rotatable bonds is 6. The van der Waals surface area contributed by atoms with Crippen LogP contribution in [0.3, 0.4) is 0 Å². The molecule has 1 amide bonds. The Balaban J connectivity index is 1.60. The summed E-state index contributed by atoms with van der Waals surface area (Å²) in [4.78, 5) is 35.7. The number of aromatic nitrogens is 3.